The summed E-state index contributed by atoms with van der Waals surface area (Å²) >= 11 is 0. The van der Waals surface area contributed by atoms with Gasteiger partial charge >= 0.3 is 0 Å². The van der Waals surface area contributed by atoms with Gasteiger partial charge in [-0.3, -0.25) is 0 Å². The Hall–Kier alpha value is -2.30. The van der Waals surface area contributed by atoms with E-state index in [1.165, 1.54) is 5.56 Å². The second-order valence-electron chi connectivity index (χ2n) is 4.75. The summed E-state index contributed by atoms with van der Waals surface area (Å²) in [6.07, 6.45) is 1.13. The Balaban J connectivity index is 1.69. The lowest BCUT2D eigenvalue weighted by Crippen LogP contribution is -2.09. The summed E-state index contributed by atoms with van der Waals surface area (Å²) in [5, 5.41) is 6.38. The van der Waals surface area contributed by atoms with Crippen molar-refractivity contribution in [3.05, 3.63) is 42.0 Å². The van der Waals surface area contributed by atoms with Crippen molar-refractivity contribution >= 4 is 17.6 Å². The highest BCUT2D eigenvalue weighted by Crippen LogP contribution is 2.42. The molecule has 1 aromatic heterocycles. The van der Waals surface area contributed by atoms with Crippen LogP contribution in [-0.4, -0.2) is 23.1 Å². The first-order chi connectivity index (χ1) is 9.26. The normalized spacial score (nSPS) is 20.9. The van der Waals surface area contributed by atoms with Crippen LogP contribution in [-0.2, 0) is 0 Å². The molecule has 5 nitrogen and oxygen atoms in total. The number of benzene rings is 1. The van der Waals surface area contributed by atoms with Gasteiger partial charge in [0.2, 0.25) is 5.95 Å². The van der Waals surface area contributed by atoms with Crippen molar-refractivity contribution in [3.63, 3.8) is 0 Å². The number of nitrogens with two attached hydrogens (primary N) is 1. The lowest BCUT2D eigenvalue weighted by Gasteiger charge is -2.08. The molecule has 19 heavy (non-hydrogen) atoms. The zero-order chi connectivity index (χ0) is 13.2. The standard InChI is InChI=1S/C14H17N5/c1-16-12-8-13(19-14(15)18-12)17-11-7-10(11)9-5-3-2-4-6-9/h2-6,8,10-11H,7H2,1H3,(H4,15,16,17,18,19). The quantitative estimate of drug-likeness (QED) is 0.779. The second kappa shape index (κ2) is 4.76. The Bertz CT molecular complexity index is 569. The van der Waals surface area contributed by atoms with Crippen molar-refractivity contribution in [2.45, 2.75) is 18.4 Å². The van der Waals surface area contributed by atoms with Gasteiger partial charge in [-0.1, -0.05) is 30.3 Å². The molecule has 98 valence electrons. The van der Waals surface area contributed by atoms with Gasteiger partial charge < -0.3 is 16.4 Å². The fraction of sp³-hybridized carbons (Fsp3) is 0.286. The lowest BCUT2D eigenvalue weighted by atomic mass is 10.1. The van der Waals surface area contributed by atoms with Gasteiger partial charge in [-0.2, -0.15) is 9.97 Å². The molecule has 0 radical (unpaired) electrons. The third-order valence-electron chi connectivity index (χ3n) is 3.35. The third kappa shape index (κ3) is 2.59. The minimum Gasteiger partial charge on any atom is -0.373 e. The Morgan fingerprint density at radius 1 is 1.16 bits per heavy atom. The zero-order valence-corrected chi connectivity index (χ0v) is 10.8. The number of aromatic nitrogens is 2. The van der Waals surface area contributed by atoms with Crippen LogP contribution in [0.25, 0.3) is 0 Å². The summed E-state index contributed by atoms with van der Waals surface area (Å²) in [6.45, 7) is 0. The molecule has 1 heterocycles. The van der Waals surface area contributed by atoms with Crippen molar-refractivity contribution in [2.24, 2.45) is 0 Å². The van der Waals surface area contributed by atoms with Crippen LogP contribution in [0.5, 0.6) is 0 Å². The van der Waals surface area contributed by atoms with E-state index in [4.69, 9.17) is 5.73 Å². The maximum Gasteiger partial charge on any atom is 0.223 e. The Morgan fingerprint density at radius 2 is 1.89 bits per heavy atom. The van der Waals surface area contributed by atoms with Crippen LogP contribution in [0, 0.1) is 0 Å². The number of hydrogen-bond donors (Lipinski definition) is 3. The summed E-state index contributed by atoms with van der Waals surface area (Å²) in [5.41, 5.74) is 7.05. The summed E-state index contributed by atoms with van der Waals surface area (Å²) in [4.78, 5) is 8.28. The number of anilines is 3. The van der Waals surface area contributed by atoms with Crippen LogP contribution in [0.3, 0.4) is 0 Å². The summed E-state index contributed by atoms with van der Waals surface area (Å²) in [7, 11) is 1.81. The van der Waals surface area contributed by atoms with E-state index in [-0.39, 0.29) is 5.95 Å². The molecule has 5 heteroatoms. The van der Waals surface area contributed by atoms with E-state index in [2.05, 4.69) is 44.9 Å². The van der Waals surface area contributed by atoms with E-state index >= 15 is 0 Å². The highest BCUT2D eigenvalue weighted by atomic mass is 15.1. The number of nitrogens with one attached hydrogen (secondary N) is 2. The first-order valence-electron chi connectivity index (χ1n) is 6.40. The minimum atomic E-state index is 0.284. The van der Waals surface area contributed by atoms with Crippen LogP contribution in [0.1, 0.15) is 17.9 Å². The van der Waals surface area contributed by atoms with E-state index in [0.717, 1.165) is 18.1 Å². The number of hydrogen-bond acceptors (Lipinski definition) is 5. The third-order valence-corrected chi connectivity index (χ3v) is 3.35. The number of nitrogens with zero attached hydrogens (tertiary/aromatic N) is 2. The number of nitrogen functional groups attached to an aromatic ring is 1. The van der Waals surface area contributed by atoms with Crippen molar-refractivity contribution in [2.75, 3.05) is 23.4 Å². The van der Waals surface area contributed by atoms with Crippen LogP contribution in [0.2, 0.25) is 0 Å². The molecule has 2 aromatic rings. The molecule has 1 fully saturated rings. The largest absolute Gasteiger partial charge is 0.373 e. The Morgan fingerprint density at radius 3 is 2.63 bits per heavy atom. The van der Waals surface area contributed by atoms with Crippen LogP contribution in [0.15, 0.2) is 36.4 Å². The van der Waals surface area contributed by atoms with Crippen LogP contribution >= 0.6 is 0 Å². The zero-order valence-electron chi connectivity index (χ0n) is 10.8. The summed E-state index contributed by atoms with van der Waals surface area (Å²) < 4.78 is 0. The molecular weight excluding hydrogens is 238 g/mol. The van der Waals surface area contributed by atoms with Gasteiger partial charge in [0.05, 0.1) is 0 Å². The van der Waals surface area contributed by atoms with E-state index in [1.54, 1.807) is 0 Å². The van der Waals surface area contributed by atoms with Crippen LogP contribution < -0.4 is 16.4 Å². The van der Waals surface area contributed by atoms with Gasteiger partial charge in [0.25, 0.3) is 0 Å². The molecule has 0 bridgehead atoms. The molecule has 0 spiro atoms. The molecule has 2 atom stereocenters. The summed E-state index contributed by atoms with van der Waals surface area (Å²) in [5.74, 6) is 2.36. The van der Waals surface area contributed by atoms with E-state index in [1.807, 2.05) is 19.2 Å². The lowest BCUT2D eigenvalue weighted by molar-refractivity contribution is 1.02. The maximum absolute atomic E-state index is 5.67. The molecule has 0 saturated heterocycles. The molecular formula is C14H17N5. The fourth-order valence-corrected chi connectivity index (χ4v) is 2.28. The molecule has 4 N–H and O–H groups in total. The monoisotopic (exact) mass is 255 g/mol. The minimum absolute atomic E-state index is 0.284. The van der Waals surface area contributed by atoms with Gasteiger partial charge in [-0.05, 0) is 12.0 Å². The maximum atomic E-state index is 5.67. The smallest absolute Gasteiger partial charge is 0.223 e. The average molecular weight is 255 g/mol. The predicted octanol–water partition coefficient (Wildman–Crippen LogP) is 2.07. The van der Waals surface area contributed by atoms with Crippen molar-refractivity contribution < 1.29 is 0 Å². The van der Waals surface area contributed by atoms with Crippen LogP contribution in [0.4, 0.5) is 17.6 Å². The van der Waals surface area contributed by atoms with E-state index in [9.17, 15) is 0 Å². The van der Waals surface area contributed by atoms with Crippen molar-refractivity contribution in [1.29, 1.82) is 0 Å². The van der Waals surface area contributed by atoms with E-state index < -0.39 is 0 Å². The Labute approximate surface area is 112 Å². The number of rotatable bonds is 4. The topological polar surface area (TPSA) is 75.9 Å². The first kappa shape index (κ1) is 11.8. The Kier molecular flexibility index (Phi) is 2.95. The molecule has 2 unspecified atom stereocenters. The van der Waals surface area contributed by atoms with E-state index in [0.29, 0.717) is 12.0 Å². The molecule has 1 aromatic carbocycles. The first-order valence-corrected chi connectivity index (χ1v) is 6.40. The second-order valence-corrected chi connectivity index (χ2v) is 4.75. The molecule has 1 aliphatic rings. The molecule has 0 amide bonds. The van der Waals surface area contributed by atoms with Gasteiger partial charge in [-0.25, -0.2) is 0 Å². The van der Waals surface area contributed by atoms with Crippen molar-refractivity contribution in [3.8, 4) is 0 Å². The highest BCUT2D eigenvalue weighted by Gasteiger charge is 2.38. The van der Waals surface area contributed by atoms with Gasteiger partial charge in [0.1, 0.15) is 11.6 Å². The molecule has 1 aliphatic carbocycles. The van der Waals surface area contributed by atoms with Crippen molar-refractivity contribution in [1.82, 2.24) is 9.97 Å². The summed E-state index contributed by atoms with van der Waals surface area (Å²) in [6, 6.07) is 12.8. The molecule has 0 aliphatic heterocycles. The fourth-order valence-electron chi connectivity index (χ4n) is 2.28. The van der Waals surface area contributed by atoms with Gasteiger partial charge in [-0.15, -0.1) is 0 Å². The predicted molar refractivity (Wildman–Crippen MR) is 77.2 cm³/mol. The SMILES string of the molecule is CNc1cc(NC2CC2c2ccccc2)nc(N)n1. The molecule has 1 saturated carbocycles. The average Bonchev–Trinajstić information content (AvgIpc) is 3.18. The molecule has 3 rings (SSSR count). The van der Waals surface area contributed by atoms with Gasteiger partial charge in [0, 0.05) is 25.1 Å². The highest BCUT2D eigenvalue weighted by molar-refractivity contribution is 5.52. The van der Waals surface area contributed by atoms with Gasteiger partial charge in [0.15, 0.2) is 0 Å².